The molecule has 1 aromatic heterocycles. The van der Waals surface area contributed by atoms with Crippen LogP contribution in [0, 0.1) is 11.6 Å². The van der Waals surface area contributed by atoms with Gasteiger partial charge in [-0.3, -0.25) is 4.79 Å². The first-order valence-electron chi connectivity index (χ1n) is 11.0. The Morgan fingerprint density at radius 2 is 1.74 bits per heavy atom. The summed E-state index contributed by atoms with van der Waals surface area (Å²) in [4.78, 5) is 29.6. The van der Waals surface area contributed by atoms with E-state index in [4.69, 9.17) is 16.3 Å². The van der Waals surface area contributed by atoms with Gasteiger partial charge < -0.3 is 20.7 Å². The monoisotopic (exact) mass is 520 g/mol. The normalized spacial score (nSPS) is 17.5. The number of anilines is 1. The van der Waals surface area contributed by atoms with E-state index in [2.05, 4.69) is 20.9 Å². The zero-order valence-electron chi connectivity index (χ0n) is 18.5. The number of carbonyl (C=O) groups excluding carboxylic acids is 2. The fraction of sp³-hybridized carbons (Fsp3) is 0.292. The Morgan fingerprint density at radius 3 is 2.46 bits per heavy atom. The summed E-state index contributed by atoms with van der Waals surface area (Å²) < 4.78 is 32.2. The molecule has 11 heteroatoms. The van der Waals surface area contributed by atoms with Gasteiger partial charge in [0.1, 0.15) is 23.1 Å². The highest BCUT2D eigenvalue weighted by molar-refractivity contribution is 7.09. The number of halogens is 3. The molecule has 2 atom stereocenters. The topological polar surface area (TPSA) is 92.4 Å². The van der Waals surface area contributed by atoms with E-state index in [-0.39, 0.29) is 36.0 Å². The van der Waals surface area contributed by atoms with Gasteiger partial charge in [-0.2, -0.15) is 0 Å². The van der Waals surface area contributed by atoms with Gasteiger partial charge in [-0.25, -0.2) is 18.6 Å². The molecule has 0 unspecified atom stereocenters. The molecule has 0 aliphatic heterocycles. The molecule has 4 rings (SSSR count). The molecule has 184 valence electrons. The van der Waals surface area contributed by atoms with E-state index in [9.17, 15) is 18.4 Å². The summed E-state index contributed by atoms with van der Waals surface area (Å²) in [7, 11) is 0. The van der Waals surface area contributed by atoms with Crippen LogP contribution in [-0.2, 0) is 6.61 Å². The van der Waals surface area contributed by atoms with Crippen LogP contribution in [0.4, 0.5) is 19.3 Å². The van der Waals surface area contributed by atoms with E-state index in [0.29, 0.717) is 28.6 Å². The Kier molecular flexibility index (Phi) is 8.14. The van der Waals surface area contributed by atoms with Crippen LogP contribution in [0.15, 0.2) is 47.8 Å². The highest BCUT2D eigenvalue weighted by Crippen LogP contribution is 2.21. The summed E-state index contributed by atoms with van der Waals surface area (Å²) in [6.45, 7) is 0.220. The van der Waals surface area contributed by atoms with Gasteiger partial charge in [0.25, 0.3) is 5.91 Å². The molecule has 35 heavy (non-hydrogen) atoms. The second kappa shape index (κ2) is 11.5. The first kappa shape index (κ1) is 24.9. The SMILES string of the molecule is O=C(Nc1ccc(F)c(F)c1)N[C@@H]1CCCC[C@@H]1NC(=O)c1csc(COc2ccc(Cl)cc2)n1. The molecule has 3 aromatic rings. The molecule has 1 fully saturated rings. The minimum atomic E-state index is -1.05. The first-order chi connectivity index (χ1) is 16.9. The number of thiazole rings is 1. The summed E-state index contributed by atoms with van der Waals surface area (Å²) in [5, 5.41) is 11.2. The van der Waals surface area contributed by atoms with Crippen molar-refractivity contribution in [3.05, 3.63) is 75.2 Å². The average Bonchev–Trinajstić information content (AvgIpc) is 3.32. The maximum atomic E-state index is 13.4. The van der Waals surface area contributed by atoms with Gasteiger partial charge in [0, 0.05) is 28.2 Å². The maximum Gasteiger partial charge on any atom is 0.319 e. The van der Waals surface area contributed by atoms with E-state index in [1.807, 2.05) is 0 Å². The summed E-state index contributed by atoms with van der Waals surface area (Å²) in [6.07, 6.45) is 3.17. The lowest BCUT2D eigenvalue weighted by Gasteiger charge is -2.32. The fourth-order valence-electron chi connectivity index (χ4n) is 3.79. The highest BCUT2D eigenvalue weighted by Gasteiger charge is 2.29. The third-order valence-electron chi connectivity index (χ3n) is 5.54. The minimum Gasteiger partial charge on any atom is -0.486 e. The second-order valence-corrected chi connectivity index (χ2v) is 9.45. The quantitative estimate of drug-likeness (QED) is 0.382. The Morgan fingerprint density at radius 1 is 1.03 bits per heavy atom. The van der Waals surface area contributed by atoms with E-state index in [0.717, 1.165) is 25.0 Å². The van der Waals surface area contributed by atoms with Crippen molar-refractivity contribution < 1.29 is 23.1 Å². The number of ether oxygens (including phenoxy) is 1. The Balaban J connectivity index is 1.31. The number of hydrogen-bond donors (Lipinski definition) is 3. The molecular formula is C24H23ClF2N4O3S. The maximum absolute atomic E-state index is 13.4. The van der Waals surface area contributed by atoms with Crippen LogP contribution in [0.3, 0.4) is 0 Å². The number of benzene rings is 2. The Bertz CT molecular complexity index is 1190. The van der Waals surface area contributed by atoms with E-state index < -0.39 is 17.7 Å². The van der Waals surface area contributed by atoms with Crippen LogP contribution >= 0.6 is 22.9 Å². The number of nitrogens with one attached hydrogen (secondary N) is 3. The number of hydrogen-bond acceptors (Lipinski definition) is 5. The zero-order valence-corrected chi connectivity index (χ0v) is 20.1. The van der Waals surface area contributed by atoms with Crippen molar-refractivity contribution in [3.63, 3.8) is 0 Å². The number of carbonyl (C=O) groups is 2. The van der Waals surface area contributed by atoms with Crippen molar-refractivity contribution in [1.82, 2.24) is 15.6 Å². The Hall–Kier alpha value is -3.24. The predicted octanol–water partition coefficient (Wildman–Crippen LogP) is 5.52. The van der Waals surface area contributed by atoms with E-state index >= 15 is 0 Å². The molecule has 1 aliphatic rings. The molecular weight excluding hydrogens is 498 g/mol. The van der Waals surface area contributed by atoms with Gasteiger partial charge in [-0.1, -0.05) is 24.4 Å². The third-order valence-corrected chi connectivity index (χ3v) is 6.61. The van der Waals surface area contributed by atoms with Crippen molar-refractivity contribution in [1.29, 1.82) is 0 Å². The lowest BCUT2D eigenvalue weighted by molar-refractivity contribution is 0.0911. The van der Waals surface area contributed by atoms with Crippen molar-refractivity contribution in [2.24, 2.45) is 0 Å². The molecule has 0 radical (unpaired) electrons. The molecule has 1 aliphatic carbocycles. The smallest absolute Gasteiger partial charge is 0.319 e. The van der Waals surface area contributed by atoms with E-state index in [1.54, 1.807) is 29.6 Å². The summed E-state index contributed by atoms with van der Waals surface area (Å²) >= 11 is 7.19. The third kappa shape index (κ3) is 6.89. The number of nitrogens with zero attached hydrogens (tertiary/aromatic N) is 1. The number of aromatic nitrogens is 1. The van der Waals surface area contributed by atoms with Crippen LogP contribution in [0.1, 0.15) is 41.2 Å². The molecule has 3 amide bonds. The molecule has 1 heterocycles. The molecule has 7 nitrogen and oxygen atoms in total. The second-order valence-electron chi connectivity index (χ2n) is 8.07. The standard InChI is InChI=1S/C24H23ClF2N4O3S/c25-14-5-8-16(9-6-14)34-12-22-29-21(13-35-22)23(32)30-19-3-1-2-4-20(19)31-24(33)28-15-7-10-17(26)18(27)11-15/h5-11,13,19-20H,1-4,12H2,(H,30,32)(H2,28,31,33)/t19-,20+/m0/s1. The van der Waals surface area contributed by atoms with E-state index in [1.165, 1.54) is 17.4 Å². The lowest BCUT2D eigenvalue weighted by Crippen LogP contribution is -2.54. The van der Waals surface area contributed by atoms with Gasteiger partial charge in [0.2, 0.25) is 0 Å². The van der Waals surface area contributed by atoms with Gasteiger partial charge in [-0.05, 0) is 49.2 Å². The number of amides is 3. The predicted molar refractivity (Wildman–Crippen MR) is 130 cm³/mol. The molecule has 0 bridgehead atoms. The molecule has 3 N–H and O–H groups in total. The summed E-state index contributed by atoms with van der Waals surface area (Å²) in [5.41, 5.74) is 0.411. The van der Waals surface area contributed by atoms with Crippen LogP contribution in [0.2, 0.25) is 5.02 Å². The van der Waals surface area contributed by atoms with Crippen molar-refractivity contribution >= 4 is 40.6 Å². The number of urea groups is 1. The highest BCUT2D eigenvalue weighted by atomic mass is 35.5. The van der Waals surface area contributed by atoms with Crippen LogP contribution in [0.5, 0.6) is 5.75 Å². The molecule has 2 aromatic carbocycles. The van der Waals surface area contributed by atoms with Crippen molar-refractivity contribution in [2.45, 2.75) is 44.4 Å². The van der Waals surface area contributed by atoms with Crippen LogP contribution in [0.25, 0.3) is 0 Å². The average molecular weight is 521 g/mol. The van der Waals surface area contributed by atoms with Crippen molar-refractivity contribution in [3.8, 4) is 5.75 Å². The summed E-state index contributed by atoms with van der Waals surface area (Å²) in [6, 6.07) is 8.92. The molecule has 0 spiro atoms. The Labute approximate surface area is 209 Å². The fourth-order valence-corrected chi connectivity index (χ4v) is 4.60. The number of rotatable bonds is 7. The van der Waals surface area contributed by atoms with Gasteiger partial charge in [0.15, 0.2) is 11.6 Å². The van der Waals surface area contributed by atoms with Crippen LogP contribution in [-0.4, -0.2) is 29.0 Å². The van der Waals surface area contributed by atoms with Crippen molar-refractivity contribution in [2.75, 3.05) is 5.32 Å². The van der Waals surface area contributed by atoms with Crippen LogP contribution < -0.4 is 20.7 Å². The largest absolute Gasteiger partial charge is 0.486 e. The summed E-state index contributed by atoms with van der Waals surface area (Å²) in [5.74, 6) is -1.73. The first-order valence-corrected chi connectivity index (χ1v) is 12.3. The molecule has 0 saturated heterocycles. The zero-order chi connectivity index (χ0) is 24.8. The molecule has 1 saturated carbocycles. The van der Waals surface area contributed by atoms with Gasteiger partial charge >= 0.3 is 6.03 Å². The minimum absolute atomic E-state index is 0.133. The lowest BCUT2D eigenvalue weighted by atomic mass is 9.90. The van der Waals surface area contributed by atoms with Gasteiger partial charge in [-0.15, -0.1) is 11.3 Å². The van der Waals surface area contributed by atoms with Gasteiger partial charge in [0.05, 0.1) is 6.04 Å².